The van der Waals surface area contributed by atoms with Crippen LogP contribution in [0, 0.1) is 11.8 Å². The number of rotatable bonds is 6. The van der Waals surface area contributed by atoms with Crippen molar-refractivity contribution < 1.29 is 14.3 Å². The van der Waals surface area contributed by atoms with Crippen molar-refractivity contribution in [2.24, 2.45) is 11.8 Å². The fourth-order valence-corrected chi connectivity index (χ4v) is 5.40. The maximum atomic E-state index is 13.5. The molecule has 174 valence electrons. The lowest BCUT2D eigenvalue weighted by atomic mass is 9.92. The molecule has 1 amide bonds. The van der Waals surface area contributed by atoms with Gasteiger partial charge in [-0.15, -0.1) is 0 Å². The van der Waals surface area contributed by atoms with E-state index < -0.39 is 0 Å². The van der Waals surface area contributed by atoms with E-state index in [4.69, 9.17) is 14.5 Å². The number of hydrogen-bond donors (Lipinski definition) is 0. The molecular weight excluding hydrogens is 438 g/mol. The summed E-state index contributed by atoms with van der Waals surface area (Å²) in [5, 5.41) is 0.985. The Morgan fingerprint density at radius 2 is 1.76 bits per heavy atom. The number of thioether (sulfide) groups is 1. The van der Waals surface area contributed by atoms with Gasteiger partial charge in [-0.3, -0.25) is 14.2 Å². The number of hydrogen-bond acceptors (Lipinski definition) is 6. The molecule has 2 aromatic carbocycles. The van der Waals surface area contributed by atoms with Crippen LogP contribution in [0.25, 0.3) is 16.6 Å². The van der Waals surface area contributed by atoms with Gasteiger partial charge in [-0.2, -0.15) is 0 Å². The van der Waals surface area contributed by atoms with Gasteiger partial charge in [0.1, 0.15) is 0 Å². The minimum atomic E-state index is -0.192. The SMILES string of the molecule is COc1ccc(-n2c(SCC(=O)N3C[C@H](C)C[C@@H](C)C3)nc3ccccc3c2=O)cc1OC. The van der Waals surface area contributed by atoms with Gasteiger partial charge in [0, 0.05) is 19.2 Å². The minimum Gasteiger partial charge on any atom is -0.493 e. The zero-order valence-electron chi connectivity index (χ0n) is 19.4. The Balaban J connectivity index is 1.72. The number of para-hydroxylation sites is 1. The summed E-state index contributed by atoms with van der Waals surface area (Å²) in [6.45, 7) is 5.92. The molecule has 1 saturated heterocycles. The molecule has 0 N–H and O–H groups in total. The van der Waals surface area contributed by atoms with Gasteiger partial charge in [0.05, 0.1) is 36.6 Å². The molecule has 1 aliphatic rings. The fourth-order valence-electron chi connectivity index (χ4n) is 4.49. The normalized spacial score (nSPS) is 18.4. The van der Waals surface area contributed by atoms with Crippen LogP contribution in [0.3, 0.4) is 0 Å². The van der Waals surface area contributed by atoms with E-state index in [1.807, 2.05) is 23.1 Å². The largest absolute Gasteiger partial charge is 0.493 e. The zero-order chi connectivity index (χ0) is 23.5. The highest BCUT2D eigenvalue weighted by molar-refractivity contribution is 7.99. The molecule has 8 heteroatoms. The molecule has 1 aliphatic heterocycles. The van der Waals surface area contributed by atoms with Gasteiger partial charge in [0.25, 0.3) is 5.56 Å². The Labute approximate surface area is 197 Å². The Bertz CT molecular complexity index is 1220. The molecule has 3 aromatic rings. The first kappa shape index (κ1) is 23.2. The van der Waals surface area contributed by atoms with E-state index in [0.29, 0.717) is 45.1 Å². The van der Waals surface area contributed by atoms with Crippen molar-refractivity contribution in [3.63, 3.8) is 0 Å². The molecule has 0 radical (unpaired) electrons. The molecule has 4 rings (SSSR count). The van der Waals surface area contributed by atoms with Gasteiger partial charge >= 0.3 is 0 Å². The second-order valence-corrected chi connectivity index (χ2v) is 9.57. The van der Waals surface area contributed by atoms with Crippen LogP contribution < -0.4 is 15.0 Å². The van der Waals surface area contributed by atoms with E-state index in [2.05, 4.69) is 13.8 Å². The Morgan fingerprint density at radius 1 is 1.06 bits per heavy atom. The zero-order valence-corrected chi connectivity index (χ0v) is 20.2. The number of carbonyl (C=O) groups excluding carboxylic acids is 1. The number of carbonyl (C=O) groups is 1. The number of aromatic nitrogens is 2. The highest BCUT2D eigenvalue weighted by Gasteiger charge is 2.26. The number of benzene rings is 2. The van der Waals surface area contributed by atoms with Gasteiger partial charge in [0.2, 0.25) is 5.91 Å². The van der Waals surface area contributed by atoms with E-state index in [1.165, 1.54) is 11.8 Å². The lowest BCUT2D eigenvalue weighted by Crippen LogP contribution is -2.43. The molecule has 0 unspecified atom stereocenters. The standard InChI is InChI=1S/C25H29N3O4S/c1-16-11-17(2)14-27(13-16)23(29)15-33-25-26-20-8-6-5-7-19(20)24(30)28(25)18-9-10-21(31-3)22(12-18)32-4/h5-10,12,16-17H,11,13-15H2,1-4H3/t16-,17-/m1/s1. The summed E-state index contributed by atoms with van der Waals surface area (Å²) in [4.78, 5) is 33.2. The molecule has 0 spiro atoms. The quantitative estimate of drug-likeness (QED) is 0.403. The highest BCUT2D eigenvalue weighted by atomic mass is 32.2. The highest BCUT2D eigenvalue weighted by Crippen LogP contribution is 2.31. The number of methoxy groups -OCH3 is 2. The van der Waals surface area contributed by atoms with Crippen LogP contribution in [0.15, 0.2) is 52.4 Å². The summed E-state index contributed by atoms with van der Waals surface area (Å²) in [6.07, 6.45) is 1.14. The van der Waals surface area contributed by atoms with Crippen LogP contribution in [0.4, 0.5) is 0 Å². The van der Waals surface area contributed by atoms with Crippen LogP contribution >= 0.6 is 11.8 Å². The topological polar surface area (TPSA) is 73.7 Å². The lowest BCUT2D eigenvalue weighted by Gasteiger charge is -2.35. The second kappa shape index (κ2) is 9.87. The second-order valence-electron chi connectivity index (χ2n) is 8.62. The van der Waals surface area contributed by atoms with Crippen LogP contribution in [0.5, 0.6) is 11.5 Å². The summed E-state index contributed by atoms with van der Waals surface area (Å²) < 4.78 is 12.3. The predicted molar refractivity (Wildman–Crippen MR) is 131 cm³/mol. The number of nitrogens with zero attached hydrogens (tertiary/aromatic N) is 3. The molecule has 33 heavy (non-hydrogen) atoms. The fraction of sp³-hybridized carbons (Fsp3) is 0.400. The number of likely N-dealkylation sites (tertiary alicyclic amines) is 1. The molecule has 0 bridgehead atoms. The Morgan fingerprint density at radius 3 is 2.45 bits per heavy atom. The molecule has 1 aromatic heterocycles. The van der Waals surface area contributed by atoms with Crippen molar-refractivity contribution in [2.75, 3.05) is 33.1 Å². The Kier molecular flexibility index (Phi) is 6.93. The molecule has 0 saturated carbocycles. The first-order valence-electron chi connectivity index (χ1n) is 11.1. The van der Waals surface area contributed by atoms with Crippen molar-refractivity contribution in [3.8, 4) is 17.2 Å². The summed E-state index contributed by atoms with van der Waals surface area (Å²) in [7, 11) is 3.12. The average Bonchev–Trinajstić information content (AvgIpc) is 2.81. The molecule has 2 atom stereocenters. The molecule has 1 fully saturated rings. The summed E-state index contributed by atoms with van der Waals surface area (Å²) in [5.74, 6) is 2.36. The van der Waals surface area contributed by atoms with Crippen LogP contribution in [-0.2, 0) is 4.79 Å². The molecule has 7 nitrogen and oxygen atoms in total. The maximum Gasteiger partial charge on any atom is 0.266 e. The molecular formula is C25H29N3O4S. The van der Waals surface area contributed by atoms with Gasteiger partial charge in [-0.25, -0.2) is 4.98 Å². The van der Waals surface area contributed by atoms with Crippen LogP contribution in [0.2, 0.25) is 0 Å². The van der Waals surface area contributed by atoms with Crippen molar-refractivity contribution in [2.45, 2.75) is 25.4 Å². The van der Waals surface area contributed by atoms with Gasteiger partial charge in [0.15, 0.2) is 16.7 Å². The number of amides is 1. The molecule has 2 heterocycles. The summed E-state index contributed by atoms with van der Waals surface area (Å²) >= 11 is 1.29. The van der Waals surface area contributed by atoms with E-state index in [9.17, 15) is 9.59 Å². The lowest BCUT2D eigenvalue weighted by molar-refractivity contribution is -0.130. The summed E-state index contributed by atoms with van der Waals surface area (Å²) in [5.41, 5.74) is 1.02. The van der Waals surface area contributed by atoms with Crippen LogP contribution in [0.1, 0.15) is 20.3 Å². The third-order valence-corrected chi connectivity index (χ3v) is 6.84. The van der Waals surface area contributed by atoms with E-state index >= 15 is 0 Å². The van der Waals surface area contributed by atoms with Gasteiger partial charge in [-0.05, 0) is 42.5 Å². The van der Waals surface area contributed by atoms with Crippen molar-refractivity contribution >= 4 is 28.6 Å². The number of ether oxygens (including phenoxy) is 2. The first-order valence-corrected chi connectivity index (χ1v) is 12.0. The van der Waals surface area contributed by atoms with E-state index in [0.717, 1.165) is 19.5 Å². The predicted octanol–water partition coefficient (Wildman–Crippen LogP) is 4.00. The maximum absolute atomic E-state index is 13.5. The summed E-state index contributed by atoms with van der Waals surface area (Å²) in [6, 6.07) is 12.5. The average molecular weight is 468 g/mol. The number of piperidine rings is 1. The molecule has 0 aliphatic carbocycles. The van der Waals surface area contributed by atoms with Gasteiger partial charge in [-0.1, -0.05) is 37.7 Å². The Hall–Kier alpha value is -3.00. The van der Waals surface area contributed by atoms with E-state index in [1.54, 1.807) is 43.1 Å². The van der Waals surface area contributed by atoms with Crippen molar-refractivity contribution in [3.05, 3.63) is 52.8 Å². The van der Waals surface area contributed by atoms with Gasteiger partial charge < -0.3 is 14.4 Å². The monoisotopic (exact) mass is 467 g/mol. The first-order chi connectivity index (χ1) is 15.9. The minimum absolute atomic E-state index is 0.0691. The third kappa shape index (κ3) is 4.85. The van der Waals surface area contributed by atoms with E-state index in [-0.39, 0.29) is 17.2 Å². The number of fused-ring (bicyclic) bond motifs is 1. The van der Waals surface area contributed by atoms with Crippen molar-refractivity contribution in [1.82, 2.24) is 14.5 Å². The van der Waals surface area contributed by atoms with Crippen molar-refractivity contribution in [1.29, 1.82) is 0 Å². The smallest absolute Gasteiger partial charge is 0.266 e. The van der Waals surface area contributed by atoms with Crippen LogP contribution in [-0.4, -0.2) is 53.4 Å². The third-order valence-electron chi connectivity index (χ3n) is 5.92.